The number of carbonyl (C=O) groups is 1. The van der Waals surface area contributed by atoms with Gasteiger partial charge in [0.2, 0.25) is 5.16 Å². The number of alkyl halides is 3. The van der Waals surface area contributed by atoms with Gasteiger partial charge in [-0.25, -0.2) is 9.48 Å². The van der Waals surface area contributed by atoms with Gasteiger partial charge in [0.05, 0.1) is 18.8 Å². The fraction of sp³-hybridized carbons (Fsp3) is 0.600. The molecule has 5 rings (SSSR count). The van der Waals surface area contributed by atoms with Gasteiger partial charge in [-0.2, -0.15) is 13.2 Å². The number of carbonyl (C=O) groups excluding carboxylic acids is 1. The van der Waals surface area contributed by atoms with E-state index in [9.17, 15) is 18.0 Å². The molecule has 178 valence electrons. The van der Waals surface area contributed by atoms with Crippen molar-refractivity contribution >= 4 is 23.5 Å². The van der Waals surface area contributed by atoms with Crippen molar-refractivity contribution in [3.05, 3.63) is 29.8 Å². The molecule has 9 nitrogen and oxygen atoms in total. The van der Waals surface area contributed by atoms with Gasteiger partial charge in [-0.15, -0.1) is 5.10 Å². The highest BCUT2D eigenvalue weighted by atomic mass is 32.2. The Kier molecular flexibility index (Phi) is 6.18. The first-order valence-electron chi connectivity index (χ1n) is 10.7. The number of rotatable bonds is 5. The number of ether oxygens (including phenoxy) is 3. The molecule has 0 unspecified atom stereocenters. The van der Waals surface area contributed by atoms with Crippen molar-refractivity contribution in [1.82, 2.24) is 20.2 Å². The molecule has 0 bridgehead atoms. The van der Waals surface area contributed by atoms with Gasteiger partial charge in [0.1, 0.15) is 18.2 Å². The highest BCUT2D eigenvalue weighted by Crippen LogP contribution is 2.39. The highest BCUT2D eigenvalue weighted by molar-refractivity contribution is 7.99. The minimum atomic E-state index is -4.51. The summed E-state index contributed by atoms with van der Waals surface area (Å²) >= 11 is 1.66. The number of nitrogens with zero attached hydrogens (tertiary/aromatic N) is 4. The van der Waals surface area contributed by atoms with Gasteiger partial charge < -0.3 is 14.2 Å². The van der Waals surface area contributed by atoms with Crippen molar-refractivity contribution in [3.63, 3.8) is 0 Å². The number of thioether (sulfide) groups is 1. The van der Waals surface area contributed by atoms with Crippen molar-refractivity contribution in [2.24, 2.45) is 0 Å². The number of hydrogen-bond acceptors (Lipinski definition) is 8. The molecule has 0 radical (unpaired) electrons. The van der Waals surface area contributed by atoms with Crippen LogP contribution in [0.2, 0.25) is 0 Å². The molecule has 3 heterocycles. The average molecular weight is 485 g/mol. The number of hydrogen-bond donors (Lipinski definition) is 1. The molecular weight excluding hydrogens is 463 g/mol. The van der Waals surface area contributed by atoms with Crippen LogP contribution in [0.5, 0.6) is 0 Å². The fourth-order valence-electron chi connectivity index (χ4n) is 4.44. The van der Waals surface area contributed by atoms with Gasteiger partial charge in [-0.05, 0) is 41.5 Å². The fourth-order valence-corrected chi connectivity index (χ4v) is 5.67. The summed E-state index contributed by atoms with van der Waals surface area (Å²) in [6, 6.07) is 4.09. The first kappa shape index (κ1) is 22.4. The van der Waals surface area contributed by atoms with E-state index in [1.54, 1.807) is 16.4 Å². The van der Waals surface area contributed by atoms with E-state index in [-0.39, 0.29) is 18.3 Å². The summed E-state index contributed by atoms with van der Waals surface area (Å²) in [5, 5.41) is 15.6. The van der Waals surface area contributed by atoms with Crippen LogP contribution in [0, 0.1) is 0 Å². The zero-order valence-electron chi connectivity index (χ0n) is 17.4. The van der Waals surface area contributed by atoms with Crippen LogP contribution in [-0.2, 0) is 20.4 Å². The van der Waals surface area contributed by atoms with E-state index >= 15 is 0 Å². The summed E-state index contributed by atoms with van der Waals surface area (Å²) in [7, 11) is 0. The molecule has 1 aliphatic carbocycles. The third-order valence-corrected chi connectivity index (χ3v) is 7.31. The van der Waals surface area contributed by atoms with E-state index in [4.69, 9.17) is 14.2 Å². The third-order valence-electron chi connectivity index (χ3n) is 6.03. The minimum Gasteiger partial charge on any atom is -0.441 e. The number of amides is 1. The Labute approximate surface area is 191 Å². The van der Waals surface area contributed by atoms with E-state index in [0.29, 0.717) is 17.0 Å². The van der Waals surface area contributed by atoms with Gasteiger partial charge in [0.25, 0.3) is 0 Å². The Bertz CT molecular complexity index is 1000. The van der Waals surface area contributed by atoms with Gasteiger partial charge in [0, 0.05) is 10.9 Å². The van der Waals surface area contributed by atoms with Crippen LogP contribution in [0.15, 0.2) is 29.4 Å². The lowest BCUT2D eigenvalue weighted by Gasteiger charge is -2.18. The lowest BCUT2D eigenvalue weighted by atomic mass is 10.1. The normalized spacial score (nSPS) is 27.6. The van der Waals surface area contributed by atoms with Gasteiger partial charge >= 0.3 is 12.3 Å². The predicted molar refractivity (Wildman–Crippen MR) is 110 cm³/mol. The smallest absolute Gasteiger partial charge is 0.416 e. The zero-order valence-corrected chi connectivity index (χ0v) is 18.2. The second-order valence-corrected chi connectivity index (χ2v) is 9.51. The molecule has 1 N–H and O–H groups in total. The largest absolute Gasteiger partial charge is 0.441 e. The molecule has 1 saturated carbocycles. The average Bonchev–Trinajstić information content (AvgIpc) is 3.55. The van der Waals surface area contributed by atoms with E-state index < -0.39 is 36.1 Å². The molecular formula is C20H22F3N5O4S. The Morgan fingerprint density at radius 2 is 1.97 bits per heavy atom. The summed E-state index contributed by atoms with van der Waals surface area (Å²) in [5.41, 5.74) is -0.878. The van der Waals surface area contributed by atoms with Gasteiger partial charge in [-0.3, -0.25) is 5.32 Å². The van der Waals surface area contributed by atoms with Crippen LogP contribution in [0.1, 0.15) is 37.3 Å². The minimum absolute atomic E-state index is 0.0159. The van der Waals surface area contributed by atoms with E-state index in [1.165, 1.54) is 25.0 Å². The van der Waals surface area contributed by atoms with Crippen LogP contribution in [0.3, 0.4) is 0 Å². The SMILES string of the molecule is O=C(Nc1cccc(C(F)(F)F)c1)O[C@H]1CO[C@@H]2[C@@H]1OC[C@@H]2n1nnnc1SC1CCCC1. The van der Waals surface area contributed by atoms with Crippen molar-refractivity contribution in [2.75, 3.05) is 18.5 Å². The molecule has 13 heteroatoms. The summed E-state index contributed by atoms with van der Waals surface area (Å²) in [6.07, 6.45) is -2.31. The molecule has 3 fully saturated rings. The molecule has 1 aromatic carbocycles. The third kappa shape index (κ3) is 4.80. The summed E-state index contributed by atoms with van der Waals surface area (Å²) < 4.78 is 57.5. The first-order valence-corrected chi connectivity index (χ1v) is 11.6. The van der Waals surface area contributed by atoms with Gasteiger partial charge in [-0.1, -0.05) is 30.7 Å². The lowest BCUT2D eigenvalue weighted by molar-refractivity contribution is -0.137. The van der Waals surface area contributed by atoms with E-state index in [1.807, 2.05) is 0 Å². The van der Waals surface area contributed by atoms with E-state index in [2.05, 4.69) is 20.8 Å². The van der Waals surface area contributed by atoms with Crippen LogP contribution >= 0.6 is 11.8 Å². The monoisotopic (exact) mass is 485 g/mol. The van der Waals surface area contributed by atoms with Crippen LogP contribution < -0.4 is 5.32 Å². The number of benzene rings is 1. The number of nitrogens with one attached hydrogen (secondary N) is 1. The van der Waals surface area contributed by atoms with Gasteiger partial charge in [0.15, 0.2) is 6.10 Å². The summed E-state index contributed by atoms with van der Waals surface area (Å²) in [4.78, 5) is 12.3. The maximum atomic E-state index is 12.9. The number of fused-ring (bicyclic) bond motifs is 1. The van der Waals surface area contributed by atoms with Crippen molar-refractivity contribution < 1.29 is 32.2 Å². The molecule has 2 saturated heterocycles. The van der Waals surface area contributed by atoms with Crippen LogP contribution in [-0.4, -0.2) is 63.1 Å². The number of tetrazole rings is 1. The molecule has 2 aliphatic heterocycles. The van der Waals surface area contributed by atoms with Crippen LogP contribution in [0.4, 0.5) is 23.7 Å². The standard InChI is InChI=1S/C20H22F3N5O4S/c21-20(22,23)11-4-3-5-12(8-11)24-19(29)32-15-10-31-16-14(9-30-17(15)16)28-18(25-26-27-28)33-13-6-1-2-7-13/h3-5,8,13-17H,1-2,6-7,9-10H2,(H,24,29)/t14-,15-,16-,17+/m0/s1. The highest BCUT2D eigenvalue weighted by Gasteiger charge is 2.51. The summed E-state index contributed by atoms with van der Waals surface area (Å²) in [6.45, 7) is 0.406. The molecule has 1 amide bonds. The quantitative estimate of drug-likeness (QED) is 0.685. The Balaban J connectivity index is 1.20. The maximum Gasteiger partial charge on any atom is 0.416 e. The Morgan fingerprint density at radius 1 is 1.18 bits per heavy atom. The zero-order chi connectivity index (χ0) is 23.0. The van der Waals surface area contributed by atoms with Crippen molar-refractivity contribution in [2.45, 2.75) is 66.6 Å². The predicted octanol–water partition coefficient (Wildman–Crippen LogP) is 3.68. The summed E-state index contributed by atoms with van der Waals surface area (Å²) in [5.74, 6) is 0. The second kappa shape index (κ2) is 9.11. The van der Waals surface area contributed by atoms with Crippen LogP contribution in [0.25, 0.3) is 0 Å². The number of aromatic nitrogens is 4. The maximum absolute atomic E-state index is 12.9. The Hall–Kier alpha value is -2.38. The molecule has 4 atom stereocenters. The number of anilines is 1. The first-order chi connectivity index (χ1) is 15.9. The van der Waals surface area contributed by atoms with Crippen molar-refractivity contribution in [3.8, 4) is 0 Å². The molecule has 2 aromatic rings. The molecule has 33 heavy (non-hydrogen) atoms. The molecule has 1 aromatic heterocycles. The lowest BCUT2D eigenvalue weighted by Crippen LogP contribution is -2.35. The second-order valence-electron chi connectivity index (χ2n) is 8.24. The van der Waals surface area contributed by atoms with E-state index in [0.717, 1.165) is 25.0 Å². The molecule has 0 spiro atoms. The molecule has 3 aliphatic rings. The number of halogens is 3. The van der Waals surface area contributed by atoms with Crippen molar-refractivity contribution in [1.29, 1.82) is 0 Å². The Morgan fingerprint density at radius 3 is 2.76 bits per heavy atom. The topological polar surface area (TPSA) is 100 Å².